The van der Waals surface area contributed by atoms with Gasteiger partial charge in [-0.15, -0.1) is 0 Å². The summed E-state index contributed by atoms with van der Waals surface area (Å²) in [5.41, 5.74) is 9.07. The van der Waals surface area contributed by atoms with Gasteiger partial charge >= 0.3 is 0 Å². The van der Waals surface area contributed by atoms with E-state index >= 15 is 0 Å². The van der Waals surface area contributed by atoms with E-state index in [-0.39, 0.29) is 6.04 Å². The normalized spacial score (nSPS) is 19.2. The Morgan fingerprint density at radius 2 is 2.00 bits per heavy atom. The summed E-state index contributed by atoms with van der Waals surface area (Å²) >= 11 is 0. The van der Waals surface area contributed by atoms with E-state index in [1.54, 1.807) is 0 Å². The van der Waals surface area contributed by atoms with Gasteiger partial charge in [0.25, 0.3) is 0 Å². The first-order chi connectivity index (χ1) is 9.13. The van der Waals surface area contributed by atoms with E-state index in [0.29, 0.717) is 6.04 Å². The van der Waals surface area contributed by atoms with Crippen LogP contribution in [0.2, 0.25) is 0 Å². The lowest BCUT2D eigenvalue weighted by atomic mass is 9.84. The highest BCUT2D eigenvalue weighted by molar-refractivity contribution is 5.29. The van der Waals surface area contributed by atoms with Gasteiger partial charge < -0.3 is 5.73 Å². The quantitative estimate of drug-likeness (QED) is 0.848. The van der Waals surface area contributed by atoms with Crippen LogP contribution in [0.5, 0.6) is 0 Å². The summed E-state index contributed by atoms with van der Waals surface area (Å²) in [5.74, 6) is 0.894. The molecule has 0 aromatic heterocycles. The third-order valence-electron chi connectivity index (χ3n) is 4.52. The Hall–Kier alpha value is -0.860. The van der Waals surface area contributed by atoms with E-state index in [1.165, 1.54) is 36.9 Å². The van der Waals surface area contributed by atoms with Crippen LogP contribution in [-0.4, -0.2) is 24.0 Å². The predicted octanol–water partition coefficient (Wildman–Crippen LogP) is 3.51. The van der Waals surface area contributed by atoms with Crippen LogP contribution < -0.4 is 5.73 Å². The number of rotatable bonds is 6. The second-order valence-electron chi connectivity index (χ2n) is 6.05. The molecule has 1 aromatic rings. The predicted molar refractivity (Wildman–Crippen MR) is 82.2 cm³/mol. The summed E-state index contributed by atoms with van der Waals surface area (Å²) < 4.78 is 0. The van der Waals surface area contributed by atoms with Crippen molar-refractivity contribution in [2.75, 3.05) is 13.1 Å². The molecule has 2 atom stereocenters. The van der Waals surface area contributed by atoms with Gasteiger partial charge in [0.1, 0.15) is 0 Å². The fraction of sp³-hybridized carbons (Fsp3) is 0.647. The zero-order chi connectivity index (χ0) is 13.8. The Balaban J connectivity index is 2.19. The first-order valence-corrected chi connectivity index (χ1v) is 7.68. The standard InChI is InChI=1S/C17H28N2/c1-4-19(12-15-9-7-10-15)17(14(3)18)16-11-6-5-8-13(16)2/h5-6,8,11,14-15,17H,4,7,9-10,12,18H2,1-3H3. The van der Waals surface area contributed by atoms with Gasteiger partial charge in [0.15, 0.2) is 0 Å². The molecule has 106 valence electrons. The van der Waals surface area contributed by atoms with Crippen LogP contribution in [0.4, 0.5) is 0 Å². The summed E-state index contributed by atoms with van der Waals surface area (Å²) in [6.07, 6.45) is 4.21. The molecule has 19 heavy (non-hydrogen) atoms. The molecule has 1 aliphatic carbocycles. The van der Waals surface area contributed by atoms with Gasteiger partial charge in [0.05, 0.1) is 0 Å². The van der Waals surface area contributed by atoms with Crippen molar-refractivity contribution < 1.29 is 0 Å². The number of likely N-dealkylation sites (N-methyl/N-ethyl adjacent to an activating group) is 1. The zero-order valence-electron chi connectivity index (χ0n) is 12.6. The highest BCUT2D eigenvalue weighted by atomic mass is 15.2. The largest absolute Gasteiger partial charge is 0.326 e. The number of nitrogens with zero attached hydrogens (tertiary/aromatic N) is 1. The van der Waals surface area contributed by atoms with Gasteiger partial charge in [-0.05, 0) is 50.3 Å². The van der Waals surface area contributed by atoms with Crippen molar-refractivity contribution in [3.05, 3.63) is 35.4 Å². The highest BCUT2D eigenvalue weighted by Gasteiger charge is 2.28. The van der Waals surface area contributed by atoms with Crippen molar-refractivity contribution in [3.63, 3.8) is 0 Å². The lowest BCUT2D eigenvalue weighted by Crippen LogP contribution is -2.43. The second kappa shape index (κ2) is 6.53. The lowest BCUT2D eigenvalue weighted by molar-refractivity contribution is 0.125. The first kappa shape index (κ1) is 14.5. The minimum atomic E-state index is 0.168. The summed E-state index contributed by atoms with van der Waals surface area (Å²) in [7, 11) is 0. The van der Waals surface area contributed by atoms with Crippen LogP contribution in [0.3, 0.4) is 0 Å². The fourth-order valence-electron chi connectivity index (χ4n) is 3.18. The maximum atomic E-state index is 6.31. The fourth-order valence-corrected chi connectivity index (χ4v) is 3.18. The molecule has 0 bridgehead atoms. The maximum absolute atomic E-state index is 6.31. The van der Waals surface area contributed by atoms with Crippen molar-refractivity contribution >= 4 is 0 Å². The van der Waals surface area contributed by atoms with Crippen molar-refractivity contribution in [1.29, 1.82) is 0 Å². The zero-order valence-corrected chi connectivity index (χ0v) is 12.6. The molecule has 0 spiro atoms. The number of benzene rings is 1. The molecule has 1 aliphatic rings. The average molecular weight is 260 g/mol. The van der Waals surface area contributed by atoms with E-state index in [9.17, 15) is 0 Å². The number of nitrogens with two attached hydrogens (primary N) is 1. The van der Waals surface area contributed by atoms with E-state index in [4.69, 9.17) is 5.73 Å². The summed E-state index contributed by atoms with van der Waals surface area (Å²) in [4.78, 5) is 2.58. The first-order valence-electron chi connectivity index (χ1n) is 7.68. The molecule has 2 nitrogen and oxygen atoms in total. The summed E-state index contributed by atoms with van der Waals surface area (Å²) in [5, 5.41) is 0. The molecular weight excluding hydrogens is 232 g/mol. The molecule has 2 unspecified atom stereocenters. The van der Waals surface area contributed by atoms with Crippen LogP contribution in [0.1, 0.15) is 50.3 Å². The third kappa shape index (κ3) is 3.37. The molecule has 1 fully saturated rings. The van der Waals surface area contributed by atoms with Crippen LogP contribution in [0.25, 0.3) is 0 Å². The second-order valence-corrected chi connectivity index (χ2v) is 6.05. The number of aryl methyl sites for hydroxylation is 1. The van der Waals surface area contributed by atoms with Gasteiger partial charge in [-0.3, -0.25) is 4.90 Å². The topological polar surface area (TPSA) is 29.3 Å². The third-order valence-corrected chi connectivity index (χ3v) is 4.52. The van der Waals surface area contributed by atoms with Crippen LogP contribution in [0, 0.1) is 12.8 Å². The van der Waals surface area contributed by atoms with Crippen molar-refractivity contribution in [2.24, 2.45) is 11.7 Å². The van der Waals surface area contributed by atoms with Gasteiger partial charge in [0, 0.05) is 18.6 Å². The Labute approximate surface area is 118 Å². The number of hydrogen-bond acceptors (Lipinski definition) is 2. The molecule has 0 saturated heterocycles. The highest BCUT2D eigenvalue weighted by Crippen LogP contribution is 2.32. The molecule has 1 aromatic carbocycles. The molecule has 0 heterocycles. The molecule has 0 amide bonds. The number of hydrogen-bond donors (Lipinski definition) is 1. The minimum Gasteiger partial charge on any atom is -0.326 e. The van der Waals surface area contributed by atoms with Crippen LogP contribution in [0.15, 0.2) is 24.3 Å². The average Bonchev–Trinajstić information content (AvgIpc) is 2.33. The Morgan fingerprint density at radius 1 is 1.32 bits per heavy atom. The van der Waals surface area contributed by atoms with E-state index in [0.717, 1.165) is 12.5 Å². The van der Waals surface area contributed by atoms with E-state index in [2.05, 4.69) is 49.9 Å². The van der Waals surface area contributed by atoms with E-state index < -0.39 is 0 Å². The Bertz CT molecular complexity index is 396. The molecule has 0 aliphatic heterocycles. The van der Waals surface area contributed by atoms with Crippen LogP contribution in [-0.2, 0) is 0 Å². The van der Waals surface area contributed by atoms with Gasteiger partial charge in [-0.25, -0.2) is 0 Å². The van der Waals surface area contributed by atoms with Crippen molar-refractivity contribution in [3.8, 4) is 0 Å². The van der Waals surface area contributed by atoms with Gasteiger partial charge in [-0.1, -0.05) is 37.6 Å². The molecule has 2 N–H and O–H groups in total. The Morgan fingerprint density at radius 3 is 2.47 bits per heavy atom. The molecule has 0 radical (unpaired) electrons. The monoisotopic (exact) mass is 260 g/mol. The van der Waals surface area contributed by atoms with Gasteiger partial charge in [0.2, 0.25) is 0 Å². The molecule has 2 heteroatoms. The maximum Gasteiger partial charge on any atom is 0.0499 e. The van der Waals surface area contributed by atoms with Gasteiger partial charge in [-0.2, -0.15) is 0 Å². The van der Waals surface area contributed by atoms with Crippen molar-refractivity contribution in [2.45, 2.75) is 52.1 Å². The summed E-state index contributed by atoms with van der Waals surface area (Å²) in [6, 6.07) is 9.20. The van der Waals surface area contributed by atoms with Crippen molar-refractivity contribution in [1.82, 2.24) is 4.90 Å². The molecular formula is C17H28N2. The molecule has 2 rings (SSSR count). The summed E-state index contributed by atoms with van der Waals surface area (Å²) in [6.45, 7) is 8.88. The van der Waals surface area contributed by atoms with E-state index in [1.807, 2.05) is 0 Å². The van der Waals surface area contributed by atoms with Crippen LogP contribution >= 0.6 is 0 Å². The SMILES string of the molecule is CCN(CC1CCC1)C(c1ccccc1C)C(C)N. The minimum absolute atomic E-state index is 0.168. The smallest absolute Gasteiger partial charge is 0.0499 e. The Kier molecular flexibility index (Phi) is 5.00. The lowest BCUT2D eigenvalue weighted by Gasteiger charge is -2.39. The molecule has 1 saturated carbocycles.